The van der Waals surface area contributed by atoms with E-state index in [2.05, 4.69) is 10.4 Å². The second-order valence-electron chi connectivity index (χ2n) is 4.38. The highest BCUT2D eigenvalue weighted by molar-refractivity contribution is 5.94. The van der Waals surface area contributed by atoms with Crippen molar-refractivity contribution in [3.63, 3.8) is 0 Å². The van der Waals surface area contributed by atoms with Crippen molar-refractivity contribution in [1.82, 2.24) is 9.78 Å². The smallest absolute Gasteiger partial charge is 0.241 e. The average molecular weight is 258 g/mol. The average Bonchev–Trinajstić information content (AvgIpc) is 2.94. The second-order valence-corrected chi connectivity index (χ2v) is 4.38. The van der Waals surface area contributed by atoms with Crippen molar-refractivity contribution >= 4 is 11.6 Å². The number of nitrogens with two attached hydrogens (primary N) is 1. The Bertz CT molecular complexity index is 519. The van der Waals surface area contributed by atoms with E-state index in [1.807, 2.05) is 43.5 Å². The molecule has 19 heavy (non-hydrogen) atoms. The maximum absolute atomic E-state index is 11.8. The van der Waals surface area contributed by atoms with Crippen molar-refractivity contribution in [2.45, 2.75) is 25.8 Å². The summed E-state index contributed by atoms with van der Waals surface area (Å²) in [6.45, 7) is 2.01. The monoisotopic (exact) mass is 258 g/mol. The molecule has 2 rings (SSSR count). The van der Waals surface area contributed by atoms with Crippen LogP contribution in [0.15, 0.2) is 42.7 Å². The molecule has 1 amide bonds. The van der Waals surface area contributed by atoms with Crippen LogP contribution in [0, 0.1) is 0 Å². The zero-order chi connectivity index (χ0) is 13.7. The van der Waals surface area contributed by atoms with Crippen LogP contribution in [0.5, 0.6) is 0 Å². The normalized spacial score (nSPS) is 12.1. The molecule has 0 spiro atoms. The number of nitrogens with one attached hydrogen (secondary N) is 1. The lowest BCUT2D eigenvalue weighted by Gasteiger charge is -2.11. The van der Waals surface area contributed by atoms with Gasteiger partial charge in [0.1, 0.15) is 0 Å². The molecular weight excluding hydrogens is 240 g/mol. The van der Waals surface area contributed by atoms with Crippen LogP contribution in [0.2, 0.25) is 0 Å². The summed E-state index contributed by atoms with van der Waals surface area (Å²) >= 11 is 0. The molecule has 0 aliphatic carbocycles. The third kappa shape index (κ3) is 3.42. The molecule has 5 nitrogen and oxygen atoms in total. The van der Waals surface area contributed by atoms with Gasteiger partial charge in [-0.15, -0.1) is 0 Å². The molecule has 5 heteroatoms. The molecule has 1 heterocycles. The van der Waals surface area contributed by atoms with Crippen molar-refractivity contribution in [3.8, 4) is 5.69 Å². The molecule has 1 aromatic carbocycles. The summed E-state index contributed by atoms with van der Waals surface area (Å²) in [5.74, 6) is -0.145. The van der Waals surface area contributed by atoms with E-state index in [-0.39, 0.29) is 5.91 Å². The topological polar surface area (TPSA) is 72.9 Å². The van der Waals surface area contributed by atoms with Crippen molar-refractivity contribution in [2.75, 3.05) is 5.32 Å². The van der Waals surface area contributed by atoms with Gasteiger partial charge >= 0.3 is 0 Å². The molecule has 0 aliphatic rings. The zero-order valence-electron chi connectivity index (χ0n) is 10.9. The first-order valence-corrected chi connectivity index (χ1v) is 6.37. The first-order chi connectivity index (χ1) is 9.20. The van der Waals surface area contributed by atoms with Gasteiger partial charge in [0.15, 0.2) is 0 Å². The lowest BCUT2D eigenvalue weighted by molar-refractivity contribution is -0.117. The van der Waals surface area contributed by atoms with Crippen molar-refractivity contribution < 1.29 is 4.79 Å². The van der Waals surface area contributed by atoms with Gasteiger partial charge in [0.25, 0.3) is 0 Å². The summed E-state index contributed by atoms with van der Waals surface area (Å²) in [6.07, 6.45) is 5.17. The number of hydrogen-bond donors (Lipinski definition) is 2. The van der Waals surface area contributed by atoms with Gasteiger partial charge in [0.2, 0.25) is 5.91 Å². The molecule has 3 N–H and O–H groups in total. The Morgan fingerprint density at radius 2 is 2.16 bits per heavy atom. The van der Waals surface area contributed by atoms with Crippen LogP contribution in [0.3, 0.4) is 0 Å². The second kappa shape index (κ2) is 6.15. The molecule has 0 saturated carbocycles. The van der Waals surface area contributed by atoms with Crippen LogP contribution in [0.1, 0.15) is 19.8 Å². The summed E-state index contributed by atoms with van der Waals surface area (Å²) in [5.41, 5.74) is 7.44. The van der Waals surface area contributed by atoms with E-state index < -0.39 is 6.04 Å². The maximum atomic E-state index is 11.8. The Labute approximate surface area is 112 Å². The number of aromatic nitrogens is 2. The molecular formula is C14H18N4O. The Hall–Kier alpha value is -2.14. The van der Waals surface area contributed by atoms with Crippen molar-refractivity contribution in [3.05, 3.63) is 42.7 Å². The Balaban J connectivity index is 2.01. The van der Waals surface area contributed by atoms with Crippen molar-refractivity contribution in [2.24, 2.45) is 5.73 Å². The number of anilines is 1. The number of amides is 1. The number of carbonyl (C=O) groups is 1. The summed E-state index contributed by atoms with van der Waals surface area (Å²) in [4.78, 5) is 11.8. The fourth-order valence-corrected chi connectivity index (χ4v) is 1.80. The number of nitrogens with zero attached hydrogens (tertiary/aromatic N) is 2. The molecule has 1 atom stereocenters. The third-order valence-corrected chi connectivity index (χ3v) is 2.84. The molecule has 0 saturated heterocycles. The Morgan fingerprint density at radius 3 is 2.74 bits per heavy atom. The predicted molar refractivity (Wildman–Crippen MR) is 75.1 cm³/mol. The van der Waals surface area contributed by atoms with E-state index in [1.54, 1.807) is 10.9 Å². The minimum Gasteiger partial charge on any atom is -0.325 e. The van der Waals surface area contributed by atoms with Crippen molar-refractivity contribution in [1.29, 1.82) is 0 Å². The van der Waals surface area contributed by atoms with Gasteiger partial charge in [-0.1, -0.05) is 13.3 Å². The summed E-state index contributed by atoms with van der Waals surface area (Å²) in [7, 11) is 0. The molecule has 2 aromatic rings. The van der Waals surface area contributed by atoms with Crippen LogP contribution >= 0.6 is 0 Å². The van der Waals surface area contributed by atoms with Crippen LogP contribution in [-0.4, -0.2) is 21.7 Å². The molecule has 0 radical (unpaired) electrons. The van der Waals surface area contributed by atoms with Gasteiger partial charge in [-0.2, -0.15) is 5.10 Å². The fraction of sp³-hybridized carbons (Fsp3) is 0.286. The van der Waals surface area contributed by atoms with E-state index in [1.165, 1.54) is 0 Å². The fourth-order valence-electron chi connectivity index (χ4n) is 1.80. The molecule has 0 aliphatic heterocycles. The number of rotatable bonds is 5. The summed E-state index contributed by atoms with van der Waals surface area (Å²) in [5, 5.41) is 6.94. The highest BCUT2D eigenvalue weighted by atomic mass is 16.2. The quantitative estimate of drug-likeness (QED) is 0.860. The summed E-state index contributed by atoms with van der Waals surface area (Å²) < 4.78 is 1.76. The van der Waals surface area contributed by atoms with E-state index in [0.717, 1.165) is 17.8 Å². The summed E-state index contributed by atoms with van der Waals surface area (Å²) in [6, 6.07) is 8.89. The molecule has 100 valence electrons. The highest BCUT2D eigenvalue weighted by Gasteiger charge is 2.12. The Morgan fingerprint density at radius 1 is 1.42 bits per heavy atom. The minimum atomic E-state index is -0.448. The highest BCUT2D eigenvalue weighted by Crippen LogP contribution is 2.13. The lowest BCUT2D eigenvalue weighted by atomic mass is 10.1. The lowest BCUT2D eigenvalue weighted by Crippen LogP contribution is -2.35. The minimum absolute atomic E-state index is 0.145. The number of benzene rings is 1. The van der Waals surface area contributed by atoms with E-state index in [4.69, 9.17) is 5.73 Å². The van der Waals surface area contributed by atoms with Gasteiger partial charge < -0.3 is 11.1 Å². The SMILES string of the molecule is CCCC(N)C(=O)Nc1ccc(-n2cccn2)cc1. The van der Waals surface area contributed by atoms with Crippen LogP contribution < -0.4 is 11.1 Å². The molecule has 0 fully saturated rings. The molecule has 1 aromatic heterocycles. The zero-order valence-corrected chi connectivity index (χ0v) is 10.9. The first-order valence-electron chi connectivity index (χ1n) is 6.37. The largest absolute Gasteiger partial charge is 0.325 e. The van der Waals surface area contributed by atoms with E-state index >= 15 is 0 Å². The standard InChI is InChI=1S/C14H18N4O/c1-2-4-13(15)14(19)17-11-5-7-12(8-6-11)18-10-3-9-16-18/h3,5-10,13H,2,4,15H2,1H3,(H,17,19). The van der Waals surface area contributed by atoms with Crippen LogP contribution in [-0.2, 0) is 4.79 Å². The third-order valence-electron chi connectivity index (χ3n) is 2.84. The van der Waals surface area contributed by atoms with E-state index in [9.17, 15) is 4.79 Å². The number of carbonyl (C=O) groups excluding carboxylic acids is 1. The van der Waals surface area contributed by atoms with Gasteiger partial charge in [-0.3, -0.25) is 4.79 Å². The van der Waals surface area contributed by atoms with Crippen LogP contribution in [0.4, 0.5) is 5.69 Å². The van der Waals surface area contributed by atoms with Gasteiger partial charge in [-0.25, -0.2) is 4.68 Å². The van der Waals surface area contributed by atoms with E-state index in [0.29, 0.717) is 6.42 Å². The van der Waals surface area contributed by atoms with Gasteiger partial charge in [0.05, 0.1) is 11.7 Å². The first kappa shape index (κ1) is 13.3. The molecule has 1 unspecified atom stereocenters. The predicted octanol–water partition coefficient (Wildman–Crippen LogP) is 1.94. The van der Waals surface area contributed by atoms with Crippen LogP contribution in [0.25, 0.3) is 5.69 Å². The maximum Gasteiger partial charge on any atom is 0.241 e. The molecule has 0 bridgehead atoms. The van der Waals surface area contributed by atoms with Gasteiger partial charge in [0, 0.05) is 18.1 Å². The number of hydrogen-bond acceptors (Lipinski definition) is 3. The Kier molecular flexibility index (Phi) is 4.30. The van der Waals surface area contributed by atoms with Gasteiger partial charge in [-0.05, 0) is 36.8 Å².